The van der Waals surface area contributed by atoms with Crippen molar-refractivity contribution in [2.24, 2.45) is 0 Å². The first-order chi connectivity index (χ1) is 8.66. The number of nitrogens with zero attached hydrogens (tertiary/aromatic N) is 2. The molecule has 1 aromatic heterocycles. The van der Waals surface area contributed by atoms with Crippen molar-refractivity contribution >= 4 is 11.5 Å². The van der Waals surface area contributed by atoms with Crippen LogP contribution in [0.25, 0.3) is 0 Å². The summed E-state index contributed by atoms with van der Waals surface area (Å²) in [5.74, 6) is 0.674. The monoisotopic (exact) mass is 252 g/mol. The van der Waals surface area contributed by atoms with Crippen LogP contribution < -0.4 is 10.6 Å². The summed E-state index contributed by atoms with van der Waals surface area (Å²) in [6.07, 6.45) is 1.26. The van der Waals surface area contributed by atoms with Crippen molar-refractivity contribution in [3.63, 3.8) is 0 Å². The van der Waals surface area contributed by atoms with Crippen molar-refractivity contribution < 1.29 is 9.66 Å². The number of ether oxygens (including phenoxy) is 1. The Bertz CT molecular complexity index is 432. The van der Waals surface area contributed by atoms with E-state index in [1.54, 1.807) is 6.92 Å². The molecule has 0 saturated carbocycles. The molecule has 1 fully saturated rings. The molecule has 0 bridgehead atoms. The van der Waals surface area contributed by atoms with E-state index >= 15 is 0 Å². The highest BCUT2D eigenvalue weighted by Gasteiger charge is 2.14. The summed E-state index contributed by atoms with van der Waals surface area (Å²) < 4.78 is 5.34. The van der Waals surface area contributed by atoms with E-state index in [2.05, 4.69) is 15.6 Å². The second kappa shape index (κ2) is 5.74. The fourth-order valence-electron chi connectivity index (χ4n) is 1.82. The van der Waals surface area contributed by atoms with E-state index in [4.69, 9.17) is 4.74 Å². The Kier molecular flexibility index (Phi) is 4.06. The second-order valence-electron chi connectivity index (χ2n) is 4.22. The fourth-order valence-corrected chi connectivity index (χ4v) is 1.82. The van der Waals surface area contributed by atoms with Gasteiger partial charge >= 0.3 is 0 Å². The van der Waals surface area contributed by atoms with Gasteiger partial charge in [0.05, 0.1) is 18.1 Å². The van der Waals surface area contributed by atoms with Gasteiger partial charge in [0.2, 0.25) is 0 Å². The molecule has 98 valence electrons. The van der Waals surface area contributed by atoms with Crippen molar-refractivity contribution in [1.82, 2.24) is 10.3 Å². The number of morpholine rings is 1. The number of anilines is 1. The average molecular weight is 252 g/mol. The number of hydrogen-bond donors (Lipinski definition) is 2. The van der Waals surface area contributed by atoms with Crippen LogP contribution in [0, 0.1) is 17.0 Å². The molecule has 0 spiro atoms. The Morgan fingerprint density at radius 2 is 2.56 bits per heavy atom. The van der Waals surface area contributed by atoms with Gasteiger partial charge in [0.15, 0.2) is 0 Å². The first-order valence-corrected chi connectivity index (χ1v) is 5.83. The molecule has 7 nitrogen and oxygen atoms in total. The van der Waals surface area contributed by atoms with Gasteiger partial charge in [0.1, 0.15) is 12.0 Å². The summed E-state index contributed by atoms with van der Waals surface area (Å²) in [5.41, 5.74) is 0.776. The zero-order valence-electron chi connectivity index (χ0n) is 10.2. The molecule has 2 heterocycles. The number of nitrogens with one attached hydrogen (secondary N) is 2. The van der Waals surface area contributed by atoms with Crippen LogP contribution in [0.15, 0.2) is 12.3 Å². The van der Waals surface area contributed by atoms with Crippen LogP contribution in [0.2, 0.25) is 0 Å². The zero-order valence-corrected chi connectivity index (χ0v) is 10.2. The van der Waals surface area contributed by atoms with Crippen LogP contribution in [0.4, 0.5) is 11.5 Å². The topological polar surface area (TPSA) is 89.3 Å². The summed E-state index contributed by atoms with van der Waals surface area (Å²) in [7, 11) is 0. The minimum atomic E-state index is -0.444. The molecule has 1 unspecified atom stereocenters. The molecule has 0 aliphatic carbocycles. The van der Waals surface area contributed by atoms with Gasteiger partial charge in [-0.05, 0) is 12.5 Å². The minimum absolute atomic E-state index is 0.0113. The maximum Gasteiger partial charge on any atom is 0.287 e. The quantitative estimate of drug-likeness (QED) is 0.605. The van der Waals surface area contributed by atoms with E-state index in [0.29, 0.717) is 19.0 Å². The Hall–Kier alpha value is -1.73. The van der Waals surface area contributed by atoms with Crippen LogP contribution in [0.1, 0.15) is 5.56 Å². The van der Waals surface area contributed by atoms with E-state index < -0.39 is 4.92 Å². The lowest BCUT2D eigenvalue weighted by Crippen LogP contribution is -2.45. The molecule has 1 aromatic rings. The number of pyridine rings is 1. The molecule has 1 aliphatic heterocycles. The Morgan fingerprint density at radius 3 is 3.17 bits per heavy atom. The summed E-state index contributed by atoms with van der Waals surface area (Å²) in [4.78, 5) is 14.2. The van der Waals surface area contributed by atoms with Gasteiger partial charge in [-0.25, -0.2) is 4.98 Å². The lowest BCUT2D eigenvalue weighted by Gasteiger charge is -2.24. The van der Waals surface area contributed by atoms with Gasteiger partial charge in [-0.1, -0.05) is 0 Å². The first-order valence-electron chi connectivity index (χ1n) is 5.83. The minimum Gasteiger partial charge on any atom is -0.378 e. The van der Waals surface area contributed by atoms with E-state index in [1.165, 1.54) is 12.3 Å². The third-order valence-corrected chi connectivity index (χ3v) is 2.79. The number of aryl methyl sites for hydroxylation is 1. The van der Waals surface area contributed by atoms with Crippen LogP contribution in [0.5, 0.6) is 0 Å². The van der Waals surface area contributed by atoms with Gasteiger partial charge < -0.3 is 15.4 Å². The molecule has 2 N–H and O–H groups in total. The Morgan fingerprint density at radius 1 is 1.72 bits per heavy atom. The highest BCUT2D eigenvalue weighted by Crippen LogP contribution is 2.17. The molecule has 0 aromatic carbocycles. The van der Waals surface area contributed by atoms with Crippen molar-refractivity contribution in [3.05, 3.63) is 27.9 Å². The number of nitro groups is 1. The van der Waals surface area contributed by atoms with Crippen molar-refractivity contribution in [3.8, 4) is 0 Å². The lowest BCUT2D eigenvalue weighted by atomic mass is 10.2. The summed E-state index contributed by atoms with van der Waals surface area (Å²) in [6.45, 7) is 4.74. The maximum absolute atomic E-state index is 10.6. The molecule has 18 heavy (non-hydrogen) atoms. The SMILES string of the molecule is Cc1cc([N+](=O)[O-])cnc1NCC1COCCN1. The molecule has 2 rings (SSSR count). The van der Waals surface area contributed by atoms with E-state index in [1.807, 2.05) is 0 Å². The molecule has 0 radical (unpaired) electrons. The molecule has 7 heteroatoms. The highest BCUT2D eigenvalue weighted by molar-refractivity contribution is 5.48. The van der Waals surface area contributed by atoms with Crippen molar-refractivity contribution in [1.29, 1.82) is 0 Å². The predicted molar refractivity (Wildman–Crippen MR) is 66.7 cm³/mol. The summed E-state index contributed by atoms with van der Waals surface area (Å²) in [6, 6.07) is 1.76. The molecule has 1 atom stereocenters. The van der Waals surface area contributed by atoms with Crippen LogP contribution in [-0.4, -0.2) is 42.3 Å². The molecule has 1 saturated heterocycles. The Labute approximate surface area is 105 Å². The lowest BCUT2D eigenvalue weighted by molar-refractivity contribution is -0.385. The standard InChI is InChI=1S/C11H16N4O3/c1-8-4-10(15(16)17)6-14-11(8)13-5-9-7-18-3-2-12-9/h4,6,9,12H,2-3,5,7H2,1H3,(H,13,14). The zero-order chi connectivity index (χ0) is 13.0. The average Bonchev–Trinajstić information content (AvgIpc) is 2.38. The molecular formula is C11H16N4O3. The third-order valence-electron chi connectivity index (χ3n) is 2.79. The normalized spacial score (nSPS) is 19.5. The van der Waals surface area contributed by atoms with Crippen molar-refractivity contribution in [2.45, 2.75) is 13.0 Å². The largest absolute Gasteiger partial charge is 0.378 e. The van der Waals surface area contributed by atoms with Crippen molar-refractivity contribution in [2.75, 3.05) is 31.6 Å². The van der Waals surface area contributed by atoms with Crippen LogP contribution >= 0.6 is 0 Å². The maximum atomic E-state index is 10.6. The molecular weight excluding hydrogens is 236 g/mol. The van der Waals surface area contributed by atoms with E-state index in [-0.39, 0.29) is 11.7 Å². The number of aromatic nitrogens is 1. The van der Waals surface area contributed by atoms with E-state index in [0.717, 1.165) is 18.7 Å². The predicted octanol–water partition coefficient (Wildman–Crippen LogP) is 0.699. The van der Waals surface area contributed by atoms with Crippen LogP contribution in [-0.2, 0) is 4.74 Å². The van der Waals surface area contributed by atoms with Gasteiger partial charge in [-0.15, -0.1) is 0 Å². The van der Waals surface area contributed by atoms with Gasteiger partial charge in [-0.2, -0.15) is 0 Å². The van der Waals surface area contributed by atoms with E-state index in [9.17, 15) is 10.1 Å². The first kappa shape index (κ1) is 12.7. The highest BCUT2D eigenvalue weighted by atomic mass is 16.6. The van der Waals surface area contributed by atoms with Gasteiger partial charge in [-0.3, -0.25) is 10.1 Å². The third kappa shape index (κ3) is 3.14. The smallest absolute Gasteiger partial charge is 0.287 e. The Balaban J connectivity index is 1.94. The molecule has 0 amide bonds. The van der Waals surface area contributed by atoms with Gasteiger partial charge in [0, 0.05) is 25.2 Å². The molecule has 1 aliphatic rings. The number of hydrogen-bond acceptors (Lipinski definition) is 6. The number of rotatable bonds is 4. The summed E-state index contributed by atoms with van der Waals surface area (Å²) in [5, 5.41) is 17.1. The van der Waals surface area contributed by atoms with Crippen LogP contribution in [0.3, 0.4) is 0 Å². The summed E-state index contributed by atoms with van der Waals surface area (Å²) >= 11 is 0. The van der Waals surface area contributed by atoms with Gasteiger partial charge in [0.25, 0.3) is 5.69 Å². The fraction of sp³-hybridized carbons (Fsp3) is 0.545. The second-order valence-corrected chi connectivity index (χ2v) is 4.22.